The Morgan fingerprint density at radius 1 is 1.12 bits per heavy atom. The number of rotatable bonds is 6. The molecule has 10 heteroatoms. The third kappa shape index (κ3) is 5.50. The molecule has 7 nitrogen and oxygen atoms in total. The number of sulfonamides is 1. The maximum absolute atomic E-state index is 12.6. The second-order valence-electron chi connectivity index (χ2n) is 7.21. The van der Waals surface area contributed by atoms with E-state index in [0.717, 1.165) is 15.4 Å². The number of nitrogens with one attached hydrogen (secondary N) is 1. The Labute approximate surface area is 204 Å². The molecule has 2 aromatic heterocycles. The van der Waals surface area contributed by atoms with E-state index in [1.54, 1.807) is 36.4 Å². The first kappa shape index (κ1) is 23.2. The molecule has 168 valence electrons. The van der Waals surface area contributed by atoms with Crippen molar-refractivity contribution in [3.05, 3.63) is 98.2 Å². The van der Waals surface area contributed by atoms with Gasteiger partial charge in [0.1, 0.15) is 17.0 Å². The van der Waals surface area contributed by atoms with Crippen molar-refractivity contribution >= 4 is 60.7 Å². The molecule has 0 atom stereocenters. The van der Waals surface area contributed by atoms with Crippen molar-refractivity contribution < 1.29 is 13.2 Å². The molecule has 0 aliphatic heterocycles. The standard InChI is InChI=1S/C23H18BrClN4O3S/c1-15-26-20-9-10-21(23(30)28-33(31,32)12-11-16-5-3-2-4-6-16)27-22(20)29(15)14-17-7-8-18(24)13-19(17)25/h2-13H,14H2,1H3,(H,28,30). The van der Waals surface area contributed by atoms with Crippen LogP contribution in [0.15, 0.2) is 70.5 Å². The summed E-state index contributed by atoms with van der Waals surface area (Å²) in [7, 11) is -4.01. The maximum atomic E-state index is 12.6. The number of carbonyl (C=O) groups is 1. The van der Waals surface area contributed by atoms with Crippen LogP contribution >= 0.6 is 27.5 Å². The van der Waals surface area contributed by atoms with Crippen LogP contribution in [0, 0.1) is 6.92 Å². The molecule has 0 saturated carbocycles. The summed E-state index contributed by atoms with van der Waals surface area (Å²) in [5.41, 5.74) is 2.55. The van der Waals surface area contributed by atoms with Gasteiger partial charge in [0.25, 0.3) is 15.9 Å². The predicted octanol–water partition coefficient (Wildman–Crippen LogP) is 4.93. The van der Waals surface area contributed by atoms with E-state index in [0.29, 0.717) is 34.1 Å². The molecule has 1 N–H and O–H groups in total. The molecular formula is C23H18BrClN4O3S. The number of fused-ring (bicyclic) bond motifs is 1. The molecule has 1 amide bonds. The molecule has 0 fully saturated rings. The molecule has 2 aromatic carbocycles. The first-order valence-corrected chi connectivity index (χ1v) is 12.5. The van der Waals surface area contributed by atoms with E-state index >= 15 is 0 Å². The lowest BCUT2D eigenvalue weighted by Crippen LogP contribution is -2.29. The fraction of sp³-hybridized carbons (Fsp3) is 0.0870. The average Bonchev–Trinajstić information content (AvgIpc) is 3.09. The van der Waals surface area contributed by atoms with Crippen molar-refractivity contribution in [1.29, 1.82) is 0 Å². The number of imidazole rings is 1. The summed E-state index contributed by atoms with van der Waals surface area (Å²) < 4.78 is 29.4. The van der Waals surface area contributed by atoms with Gasteiger partial charge in [-0.3, -0.25) is 4.79 Å². The summed E-state index contributed by atoms with van der Waals surface area (Å²) in [4.78, 5) is 21.5. The molecule has 0 unspecified atom stereocenters. The smallest absolute Gasteiger partial charge is 0.283 e. The van der Waals surface area contributed by atoms with Crippen LogP contribution in [-0.2, 0) is 16.6 Å². The maximum Gasteiger partial charge on any atom is 0.283 e. The van der Waals surface area contributed by atoms with Crippen LogP contribution in [0.2, 0.25) is 5.02 Å². The van der Waals surface area contributed by atoms with E-state index in [2.05, 4.69) is 25.9 Å². The first-order valence-electron chi connectivity index (χ1n) is 9.80. The fourth-order valence-corrected chi connectivity index (χ4v) is 4.70. The Balaban J connectivity index is 1.60. The van der Waals surface area contributed by atoms with Crippen LogP contribution in [-0.4, -0.2) is 28.9 Å². The number of hydrogen-bond acceptors (Lipinski definition) is 5. The molecular weight excluding hydrogens is 528 g/mol. The van der Waals surface area contributed by atoms with E-state index < -0.39 is 15.9 Å². The van der Waals surface area contributed by atoms with Gasteiger partial charge in [0, 0.05) is 9.50 Å². The highest BCUT2D eigenvalue weighted by Crippen LogP contribution is 2.24. The van der Waals surface area contributed by atoms with Crippen molar-refractivity contribution in [1.82, 2.24) is 19.3 Å². The lowest BCUT2D eigenvalue weighted by Gasteiger charge is -2.09. The zero-order valence-electron chi connectivity index (χ0n) is 17.4. The van der Waals surface area contributed by atoms with Crippen LogP contribution in [0.5, 0.6) is 0 Å². The Morgan fingerprint density at radius 3 is 2.61 bits per heavy atom. The van der Waals surface area contributed by atoms with E-state index in [1.165, 1.54) is 12.1 Å². The zero-order chi connectivity index (χ0) is 23.6. The molecule has 4 aromatic rings. The fourth-order valence-electron chi connectivity index (χ4n) is 3.20. The van der Waals surface area contributed by atoms with Gasteiger partial charge in [0.2, 0.25) is 0 Å². The molecule has 0 radical (unpaired) electrons. The van der Waals surface area contributed by atoms with Gasteiger partial charge in [0.15, 0.2) is 5.65 Å². The molecule has 0 saturated heterocycles. The quantitative estimate of drug-likeness (QED) is 0.371. The van der Waals surface area contributed by atoms with Gasteiger partial charge in [-0.2, -0.15) is 0 Å². The van der Waals surface area contributed by atoms with Gasteiger partial charge in [-0.05, 0) is 48.4 Å². The van der Waals surface area contributed by atoms with Crippen molar-refractivity contribution in [3.8, 4) is 0 Å². The number of pyridine rings is 1. The number of nitrogens with zero attached hydrogens (tertiary/aromatic N) is 3. The van der Waals surface area contributed by atoms with Crippen LogP contribution in [0.3, 0.4) is 0 Å². The van der Waals surface area contributed by atoms with Gasteiger partial charge in [-0.15, -0.1) is 0 Å². The van der Waals surface area contributed by atoms with Crippen LogP contribution in [0.4, 0.5) is 0 Å². The van der Waals surface area contributed by atoms with Gasteiger partial charge in [-0.25, -0.2) is 23.1 Å². The SMILES string of the molecule is Cc1nc2ccc(C(=O)NS(=O)(=O)C=Cc3ccccc3)nc2n1Cc1ccc(Br)cc1Cl. The highest BCUT2D eigenvalue weighted by molar-refractivity contribution is 9.10. The molecule has 0 spiro atoms. The second kappa shape index (κ2) is 9.46. The third-order valence-corrected chi connectivity index (χ3v) is 6.64. The summed E-state index contributed by atoms with van der Waals surface area (Å²) in [6, 6.07) is 17.6. The average molecular weight is 546 g/mol. The topological polar surface area (TPSA) is 93.9 Å². The molecule has 4 rings (SSSR count). The number of aromatic nitrogens is 3. The minimum Gasteiger partial charge on any atom is -0.308 e. The summed E-state index contributed by atoms with van der Waals surface area (Å²) in [5, 5.41) is 1.53. The number of carbonyl (C=O) groups excluding carboxylic acids is 1. The molecule has 33 heavy (non-hydrogen) atoms. The van der Waals surface area contributed by atoms with Crippen LogP contribution < -0.4 is 4.72 Å². The number of halogens is 2. The number of aryl methyl sites for hydroxylation is 1. The Kier molecular flexibility index (Phi) is 6.64. The zero-order valence-corrected chi connectivity index (χ0v) is 20.5. The molecule has 2 heterocycles. The number of benzene rings is 2. The van der Waals surface area contributed by atoms with E-state index in [-0.39, 0.29) is 5.69 Å². The highest BCUT2D eigenvalue weighted by Gasteiger charge is 2.18. The van der Waals surface area contributed by atoms with E-state index in [9.17, 15) is 13.2 Å². The van der Waals surface area contributed by atoms with Gasteiger partial charge in [0.05, 0.1) is 12.0 Å². The summed E-state index contributed by atoms with van der Waals surface area (Å²) in [6.07, 6.45) is 1.41. The number of amides is 1. The van der Waals surface area contributed by atoms with Crippen LogP contribution in [0.25, 0.3) is 17.2 Å². The van der Waals surface area contributed by atoms with Gasteiger partial charge >= 0.3 is 0 Å². The summed E-state index contributed by atoms with van der Waals surface area (Å²) in [6.45, 7) is 2.22. The second-order valence-corrected chi connectivity index (χ2v) is 10.1. The monoisotopic (exact) mass is 544 g/mol. The van der Waals surface area contributed by atoms with Crippen LogP contribution in [0.1, 0.15) is 27.4 Å². The van der Waals surface area contributed by atoms with Crippen molar-refractivity contribution in [2.45, 2.75) is 13.5 Å². The number of hydrogen-bond donors (Lipinski definition) is 1. The third-order valence-electron chi connectivity index (χ3n) is 4.83. The molecule has 0 aliphatic carbocycles. The largest absolute Gasteiger partial charge is 0.308 e. The Bertz CT molecular complexity index is 1480. The minimum atomic E-state index is -4.01. The first-order chi connectivity index (χ1) is 15.7. The summed E-state index contributed by atoms with van der Waals surface area (Å²) >= 11 is 9.74. The molecule has 0 aliphatic rings. The van der Waals surface area contributed by atoms with E-state index in [4.69, 9.17) is 11.6 Å². The lowest BCUT2D eigenvalue weighted by molar-refractivity contribution is 0.0977. The van der Waals surface area contributed by atoms with E-state index in [1.807, 2.05) is 34.4 Å². The highest BCUT2D eigenvalue weighted by atomic mass is 79.9. The normalized spacial score (nSPS) is 11.8. The predicted molar refractivity (Wildman–Crippen MR) is 132 cm³/mol. The van der Waals surface area contributed by atoms with Gasteiger partial charge < -0.3 is 4.57 Å². The molecule has 0 bridgehead atoms. The summed E-state index contributed by atoms with van der Waals surface area (Å²) in [5.74, 6) is -0.144. The van der Waals surface area contributed by atoms with Crippen molar-refractivity contribution in [3.63, 3.8) is 0 Å². The lowest BCUT2D eigenvalue weighted by atomic mass is 10.2. The van der Waals surface area contributed by atoms with Gasteiger partial charge in [-0.1, -0.05) is 63.9 Å². The Hall–Kier alpha value is -3.01. The van der Waals surface area contributed by atoms with Crippen molar-refractivity contribution in [2.75, 3.05) is 0 Å². The van der Waals surface area contributed by atoms with Crippen molar-refractivity contribution in [2.24, 2.45) is 0 Å². The minimum absolute atomic E-state index is 0.0396. The Morgan fingerprint density at radius 2 is 1.88 bits per heavy atom.